The molecule has 1 aromatic heterocycles. The lowest BCUT2D eigenvalue weighted by molar-refractivity contribution is -0.117. The molecule has 0 aliphatic rings. The van der Waals surface area contributed by atoms with Crippen LogP contribution in [-0.2, 0) is 4.79 Å². The number of anilines is 1. The highest BCUT2D eigenvalue weighted by atomic mass is 35.5. The molecule has 2 aromatic rings. The number of aryl methyl sites for hydroxylation is 2. The minimum absolute atomic E-state index is 0.0310. The Hall–Kier alpha value is -1.92. The highest BCUT2D eigenvalue weighted by molar-refractivity contribution is 7.15. The maximum Gasteiger partial charge on any atom is 0.254 e. The Labute approximate surface area is 150 Å². The molecule has 1 heterocycles. The molecule has 0 unspecified atom stereocenters. The van der Waals surface area contributed by atoms with Gasteiger partial charge in [0, 0.05) is 21.5 Å². The van der Waals surface area contributed by atoms with E-state index in [1.807, 2.05) is 27.7 Å². The number of aromatic nitrogens is 1. The minimum atomic E-state index is -0.264. The molecule has 0 saturated carbocycles. The van der Waals surface area contributed by atoms with E-state index in [-0.39, 0.29) is 24.4 Å². The molecule has 0 aliphatic heterocycles. The summed E-state index contributed by atoms with van der Waals surface area (Å²) in [4.78, 5) is 31.8. The fraction of sp³-hybridized carbons (Fsp3) is 0.353. The van der Waals surface area contributed by atoms with Crippen LogP contribution in [0.15, 0.2) is 24.3 Å². The molecule has 1 aromatic carbocycles. The maximum atomic E-state index is 12.6. The highest BCUT2D eigenvalue weighted by Gasteiger charge is 2.22. The second-order valence-electron chi connectivity index (χ2n) is 5.74. The zero-order chi connectivity index (χ0) is 17.9. The lowest BCUT2D eigenvalue weighted by atomic mass is 10.1. The number of carbonyl (C=O) groups excluding carboxylic acids is 2. The molecule has 1 N–H and O–H groups in total. The summed E-state index contributed by atoms with van der Waals surface area (Å²) < 4.78 is 0. The average molecular weight is 366 g/mol. The number of benzene rings is 1. The van der Waals surface area contributed by atoms with Crippen LogP contribution in [0.1, 0.15) is 34.8 Å². The molecular formula is C17H20ClN3O2S. The first-order valence-electron chi connectivity index (χ1n) is 7.58. The molecule has 24 heavy (non-hydrogen) atoms. The van der Waals surface area contributed by atoms with E-state index in [2.05, 4.69) is 10.3 Å². The van der Waals surface area contributed by atoms with Crippen molar-refractivity contribution in [3.63, 3.8) is 0 Å². The lowest BCUT2D eigenvalue weighted by Crippen LogP contribution is -2.42. The van der Waals surface area contributed by atoms with Gasteiger partial charge >= 0.3 is 0 Å². The van der Waals surface area contributed by atoms with Crippen LogP contribution in [0.2, 0.25) is 5.02 Å². The van der Waals surface area contributed by atoms with Crippen LogP contribution in [-0.4, -0.2) is 34.3 Å². The van der Waals surface area contributed by atoms with E-state index in [9.17, 15) is 9.59 Å². The lowest BCUT2D eigenvalue weighted by Gasteiger charge is -2.26. The number of amides is 2. The van der Waals surface area contributed by atoms with Gasteiger partial charge in [-0.3, -0.25) is 9.59 Å². The number of nitrogens with one attached hydrogen (secondary N) is 1. The third-order valence-corrected chi connectivity index (χ3v) is 4.80. The van der Waals surface area contributed by atoms with Crippen LogP contribution in [0.4, 0.5) is 5.13 Å². The molecule has 0 bridgehead atoms. The van der Waals surface area contributed by atoms with Gasteiger partial charge in [0.05, 0.1) is 5.69 Å². The van der Waals surface area contributed by atoms with Crippen LogP contribution in [0.5, 0.6) is 0 Å². The van der Waals surface area contributed by atoms with Crippen LogP contribution < -0.4 is 5.32 Å². The fourth-order valence-electron chi connectivity index (χ4n) is 2.09. The standard InChI is InChI=1S/C17H20ClN3O2S/c1-10(2)21(16(23)13-5-7-14(18)8-6-13)9-15(22)20-17-19-11(3)12(4)24-17/h5-8,10H,9H2,1-4H3,(H,19,20,22). The SMILES string of the molecule is Cc1nc(NC(=O)CN(C(=O)c2ccc(Cl)cc2)C(C)C)sc1C. The van der Waals surface area contributed by atoms with Crippen molar-refractivity contribution in [3.05, 3.63) is 45.4 Å². The predicted molar refractivity (Wildman–Crippen MR) is 97.8 cm³/mol. The van der Waals surface area contributed by atoms with Crippen LogP contribution in [0.3, 0.4) is 0 Å². The second kappa shape index (κ2) is 7.77. The first-order chi connectivity index (χ1) is 11.3. The Bertz CT molecular complexity index is 721. The van der Waals surface area contributed by atoms with E-state index in [0.29, 0.717) is 15.7 Å². The van der Waals surface area contributed by atoms with Crippen molar-refractivity contribution in [2.45, 2.75) is 33.7 Å². The monoisotopic (exact) mass is 365 g/mol. The molecule has 0 saturated heterocycles. The van der Waals surface area contributed by atoms with Crippen molar-refractivity contribution in [1.29, 1.82) is 0 Å². The summed E-state index contributed by atoms with van der Waals surface area (Å²) in [6, 6.07) is 6.53. The van der Waals surface area contributed by atoms with Gasteiger partial charge < -0.3 is 10.2 Å². The van der Waals surface area contributed by atoms with Gasteiger partial charge in [0.25, 0.3) is 5.91 Å². The highest BCUT2D eigenvalue weighted by Crippen LogP contribution is 2.21. The summed E-state index contributed by atoms with van der Waals surface area (Å²) in [5.41, 5.74) is 1.40. The third-order valence-electron chi connectivity index (χ3n) is 3.56. The van der Waals surface area contributed by atoms with Gasteiger partial charge in [0.2, 0.25) is 5.91 Å². The van der Waals surface area contributed by atoms with Gasteiger partial charge in [0.15, 0.2) is 5.13 Å². The summed E-state index contributed by atoms with van der Waals surface area (Å²) in [5.74, 6) is -0.469. The molecule has 0 aliphatic carbocycles. The normalized spacial score (nSPS) is 10.8. The number of hydrogen-bond donors (Lipinski definition) is 1. The molecule has 2 amide bonds. The summed E-state index contributed by atoms with van der Waals surface area (Å²) in [6.45, 7) is 7.56. The van der Waals surface area contributed by atoms with Crippen molar-refractivity contribution in [2.75, 3.05) is 11.9 Å². The molecule has 0 atom stereocenters. The number of carbonyl (C=O) groups is 2. The number of nitrogens with zero attached hydrogens (tertiary/aromatic N) is 2. The van der Waals surface area contributed by atoms with E-state index in [1.165, 1.54) is 16.2 Å². The third kappa shape index (κ3) is 4.55. The molecule has 7 heteroatoms. The predicted octanol–water partition coefficient (Wildman–Crippen LogP) is 3.90. The summed E-state index contributed by atoms with van der Waals surface area (Å²) >= 11 is 7.28. The molecule has 0 spiro atoms. The van der Waals surface area contributed by atoms with Crippen LogP contribution in [0.25, 0.3) is 0 Å². The Balaban J connectivity index is 2.08. The van der Waals surface area contributed by atoms with Gasteiger partial charge in [-0.2, -0.15) is 0 Å². The number of thiazole rings is 1. The Morgan fingerprint density at radius 3 is 2.38 bits per heavy atom. The van der Waals surface area contributed by atoms with E-state index in [0.717, 1.165) is 10.6 Å². The van der Waals surface area contributed by atoms with Crippen molar-refractivity contribution >= 4 is 39.9 Å². The molecule has 5 nitrogen and oxygen atoms in total. The number of rotatable bonds is 5. The molecule has 2 rings (SSSR count). The van der Waals surface area contributed by atoms with Gasteiger partial charge in [-0.1, -0.05) is 11.6 Å². The van der Waals surface area contributed by atoms with E-state index in [1.54, 1.807) is 24.3 Å². The quantitative estimate of drug-likeness (QED) is 0.873. The van der Waals surface area contributed by atoms with Gasteiger partial charge in [0.1, 0.15) is 6.54 Å². The Morgan fingerprint density at radius 2 is 1.88 bits per heavy atom. The Morgan fingerprint density at radius 1 is 1.25 bits per heavy atom. The van der Waals surface area contributed by atoms with Crippen LogP contribution in [0, 0.1) is 13.8 Å². The molecule has 128 valence electrons. The van der Waals surface area contributed by atoms with Gasteiger partial charge in [-0.05, 0) is 52.0 Å². The van der Waals surface area contributed by atoms with Gasteiger partial charge in [-0.25, -0.2) is 4.98 Å². The largest absolute Gasteiger partial charge is 0.327 e. The first-order valence-corrected chi connectivity index (χ1v) is 8.77. The van der Waals surface area contributed by atoms with Crippen molar-refractivity contribution in [3.8, 4) is 0 Å². The summed E-state index contributed by atoms with van der Waals surface area (Å²) in [5, 5.41) is 3.88. The zero-order valence-electron chi connectivity index (χ0n) is 14.1. The fourth-order valence-corrected chi connectivity index (χ4v) is 3.04. The molecule has 0 radical (unpaired) electrons. The average Bonchev–Trinajstić information content (AvgIpc) is 2.82. The van der Waals surface area contributed by atoms with E-state index >= 15 is 0 Å². The van der Waals surface area contributed by atoms with E-state index in [4.69, 9.17) is 11.6 Å². The number of hydrogen-bond acceptors (Lipinski definition) is 4. The van der Waals surface area contributed by atoms with Crippen molar-refractivity contribution in [1.82, 2.24) is 9.88 Å². The van der Waals surface area contributed by atoms with Gasteiger partial charge in [-0.15, -0.1) is 11.3 Å². The topological polar surface area (TPSA) is 62.3 Å². The first kappa shape index (κ1) is 18.4. The maximum absolute atomic E-state index is 12.6. The van der Waals surface area contributed by atoms with E-state index < -0.39 is 0 Å². The summed E-state index contributed by atoms with van der Waals surface area (Å²) in [7, 11) is 0. The van der Waals surface area contributed by atoms with Crippen molar-refractivity contribution < 1.29 is 9.59 Å². The van der Waals surface area contributed by atoms with Crippen molar-refractivity contribution in [2.24, 2.45) is 0 Å². The number of halogens is 1. The van der Waals surface area contributed by atoms with Crippen LogP contribution >= 0.6 is 22.9 Å². The Kier molecular flexibility index (Phi) is 5.96. The smallest absolute Gasteiger partial charge is 0.254 e. The summed E-state index contributed by atoms with van der Waals surface area (Å²) in [6.07, 6.45) is 0. The molecular weight excluding hydrogens is 346 g/mol. The second-order valence-corrected chi connectivity index (χ2v) is 7.38. The minimum Gasteiger partial charge on any atom is -0.327 e. The molecule has 0 fully saturated rings. The zero-order valence-corrected chi connectivity index (χ0v) is 15.7.